The zero-order chi connectivity index (χ0) is 27.3. The van der Waals surface area contributed by atoms with Crippen LogP contribution in [-0.2, 0) is 16.4 Å². The maximum Gasteiger partial charge on any atom is 0.241 e. The molecule has 0 aliphatic carbocycles. The third kappa shape index (κ3) is 7.82. The zero-order valence-corrected chi connectivity index (χ0v) is 24.1. The molecule has 2 aromatic carbocycles. The summed E-state index contributed by atoms with van der Waals surface area (Å²) < 4.78 is 28.3. The molecule has 0 bridgehead atoms. The van der Waals surface area contributed by atoms with Gasteiger partial charge in [-0.05, 0) is 109 Å². The Labute approximate surface area is 228 Å². The van der Waals surface area contributed by atoms with Crippen LogP contribution in [0.4, 0.5) is 11.4 Å². The minimum Gasteiger partial charge on any atom is -0.347 e. The van der Waals surface area contributed by atoms with Crippen molar-refractivity contribution < 1.29 is 8.42 Å². The molecule has 2 aliphatic rings. The van der Waals surface area contributed by atoms with Crippen molar-refractivity contribution in [1.82, 2.24) is 14.5 Å². The van der Waals surface area contributed by atoms with Crippen LogP contribution in [0, 0.1) is 0 Å². The summed E-state index contributed by atoms with van der Waals surface area (Å²) in [5.41, 5.74) is 3.41. The van der Waals surface area contributed by atoms with Gasteiger partial charge in [0.05, 0.1) is 4.90 Å². The summed E-state index contributed by atoms with van der Waals surface area (Å²) in [5, 5.41) is 6.81. The molecular formula is C29H42N6O2S. The van der Waals surface area contributed by atoms with Gasteiger partial charge in [-0.15, -0.1) is 0 Å². The highest BCUT2D eigenvalue weighted by Crippen LogP contribution is 2.22. The number of hydrogen-bond acceptors (Lipinski definition) is 7. The van der Waals surface area contributed by atoms with E-state index in [9.17, 15) is 8.42 Å². The molecular weight excluding hydrogens is 496 g/mol. The Morgan fingerprint density at radius 1 is 1.03 bits per heavy atom. The Balaban J connectivity index is 1.40. The molecule has 4 rings (SSSR count). The van der Waals surface area contributed by atoms with Crippen molar-refractivity contribution in [2.45, 2.75) is 70.1 Å². The van der Waals surface area contributed by atoms with Gasteiger partial charge in [-0.3, -0.25) is 0 Å². The molecule has 0 aromatic heterocycles. The van der Waals surface area contributed by atoms with Crippen LogP contribution in [0.1, 0.15) is 52.5 Å². The number of nitrogens with zero attached hydrogens (tertiary/aromatic N) is 3. The molecule has 0 radical (unpaired) electrons. The largest absolute Gasteiger partial charge is 0.347 e. The van der Waals surface area contributed by atoms with Crippen LogP contribution in [0.15, 0.2) is 70.2 Å². The van der Waals surface area contributed by atoms with E-state index < -0.39 is 15.6 Å². The van der Waals surface area contributed by atoms with Crippen LogP contribution >= 0.6 is 0 Å². The van der Waals surface area contributed by atoms with Crippen molar-refractivity contribution in [3.05, 3.63) is 65.9 Å². The molecule has 1 atom stereocenters. The number of hydrogen-bond donors (Lipinski definition) is 3. The quantitative estimate of drug-likeness (QED) is 0.423. The topological polar surface area (TPSA) is 89.1 Å². The first-order valence-corrected chi connectivity index (χ1v) is 14.9. The average Bonchev–Trinajstić information content (AvgIpc) is 3.35. The van der Waals surface area contributed by atoms with E-state index in [0.717, 1.165) is 17.7 Å². The normalized spacial score (nSPS) is 18.8. The second kappa shape index (κ2) is 11.9. The van der Waals surface area contributed by atoms with Crippen molar-refractivity contribution in [3.8, 4) is 0 Å². The van der Waals surface area contributed by atoms with Gasteiger partial charge in [0.15, 0.2) is 6.29 Å². The molecule has 2 aromatic rings. The summed E-state index contributed by atoms with van der Waals surface area (Å²) in [6.07, 6.45) is 6.70. The minimum atomic E-state index is -3.64. The molecule has 3 N–H and O–H groups in total. The standard InChI is InChI=1S/C29H42N6O2S/c1-22-21-34(5)28(31-24-15-13-23(14-16-24)10-9-19-35-17-6-7-18-35)32-27(22)30-25-11-8-12-26(20-25)38(36,37)33-29(2,3)4/h8,11-16,20-21,28,31,33H,6-7,9-10,17-19H2,1-5H3,(H,30,32). The molecule has 2 aliphatic heterocycles. The maximum atomic E-state index is 12.8. The Hall–Kier alpha value is -2.88. The third-order valence-electron chi connectivity index (χ3n) is 6.64. The number of anilines is 2. The molecule has 0 amide bonds. The predicted molar refractivity (Wildman–Crippen MR) is 157 cm³/mol. The van der Waals surface area contributed by atoms with E-state index in [0.29, 0.717) is 11.5 Å². The molecule has 1 fully saturated rings. The van der Waals surface area contributed by atoms with Crippen molar-refractivity contribution in [2.24, 2.45) is 4.99 Å². The summed E-state index contributed by atoms with van der Waals surface area (Å²) in [4.78, 5) is 9.68. The molecule has 206 valence electrons. The molecule has 1 saturated heterocycles. The summed E-state index contributed by atoms with van der Waals surface area (Å²) in [7, 11) is -1.65. The van der Waals surface area contributed by atoms with Gasteiger partial charge in [0.2, 0.25) is 10.0 Å². The average molecular weight is 539 g/mol. The second-order valence-electron chi connectivity index (χ2n) is 11.3. The van der Waals surface area contributed by atoms with Gasteiger partial charge in [0, 0.05) is 35.7 Å². The first kappa shape index (κ1) is 28.1. The molecule has 2 heterocycles. The van der Waals surface area contributed by atoms with Crippen LogP contribution in [0.25, 0.3) is 0 Å². The maximum absolute atomic E-state index is 12.8. The van der Waals surface area contributed by atoms with Crippen LogP contribution in [0.3, 0.4) is 0 Å². The van der Waals surface area contributed by atoms with Gasteiger partial charge < -0.3 is 20.4 Å². The lowest BCUT2D eigenvalue weighted by Crippen LogP contribution is -2.40. The number of amidine groups is 1. The Morgan fingerprint density at radius 3 is 2.42 bits per heavy atom. The number of nitrogens with one attached hydrogen (secondary N) is 3. The van der Waals surface area contributed by atoms with E-state index >= 15 is 0 Å². The van der Waals surface area contributed by atoms with E-state index in [1.807, 2.05) is 51.9 Å². The SMILES string of the molecule is CC1=CN(C)C(Nc2ccc(CCCN3CCCC3)cc2)N=C1Nc1cccc(S(=O)(=O)NC(C)(C)C)c1. The highest BCUT2D eigenvalue weighted by atomic mass is 32.2. The Bertz CT molecular complexity index is 1260. The van der Waals surface area contributed by atoms with Crippen molar-refractivity contribution in [3.63, 3.8) is 0 Å². The van der Waals surface area contributed by atoms with Crippen molar-refractivity contribution >= 4 is 27.2 Å². The predicted octanol–water partition coefficient (Wildman–Crippen LogP) is 4.85. The summed E-state index contributed by atoms with van der Waals surface area (Å²) in [6, 6.07) is 15.4. The number of aliphatic imine (C=N–C) groups is 1. The number of sulfonamides is 1. The monoisotopic (exact) mass is 538 g/mol. The zero-order valence-electron chi connectivity index (χ0n) is 23.3. The third-order valence-corrected chi connectivity index (χ3v) is 8.40. The summed E-state index contributed by atoms with van der Waals surface area (Å²) in [6.45, 7) is 11.1. The highest BCUT2D eigenvalue weighted by Gasteiger charge is 2.23. The Morgan fingerprint density at radius 2 is 1.74 bits per heavy atom. The second-order valence-corrected chi connectivity index (χ2v) is 13.0. The first-order chi connectivity index (χ1) is 18.0. The van der Waals surface area contributed by atoms with Crippen LogP contribution in [0.5, 0.6) is 0 Å². The fourth-order valence-electron chi connectivity index (χ4n) is 4.79. The lowest BCUT2D eigenvalue weighted by atomic mass is 10.1. The molecule has 1 unspecified atom stereocenters. The number of rotatable bonds is 9. The Kier molecular flexibility index (Phi) is 8.80. The van der Waals surface area contributed by atoms with E-state index in [2.05, 4.69) is 44.5 Å². The molecule has 0 spiro atoms. The van der Waals surface area contributed by atoms with Crippen LogP contribution < -0.4 is 15.4 Å². The van der Waals surface area contributed by atoms with Gasteiger partial charge in [0.25, 0.3) is 0 Å². The summed E-state index contributed by atoms with van der Waals surface area (Å²) >= 11 is 0. The highest BCUT2D eigenvalue weighted by molar-refractivity contribution is 7.89. The fraction of sp³-hybridized carbons (Fsp3) is 0.483. The summed E-state index contributed by atoms with van der Waals surface area (Å²) in [5.74, 6) is 0.692. The number of likely N-dealkylation sites (tertiary alicyclic amines) is 1. The molecule has 8 nitrogen and oxygen atoms in total. The fourth-order valence-corrected chi connectivity index (χ4v) is 6.25. The minimum absolute atomic E-state index is 0.211. The van der Waals surface area contributed by atoms with Crippen molar-refractivity contribution in [2.75, 3.05) is 37.3 Å². The molecule has 9 heteroatoms. The van der Waals surface area contributed by atoms with E-state index in [4.69, 9.17) is 4.99 Å². The van der Waals surface area contributed by atoms with Gasteiger partial charge in [-0.25, -0.2) is 18.1 Å². The number of aryl methyl sites for hydroxylation is 1. The van der Waals surface area contributed by atoms with E-state index in [1.165, 1.54) is 44.5 Å². The van der Waals surface area contributed by atoms with Crippen LogP contribution in [-0.4, -0.2) is 62.6 Å². The van der Waals surface area contributed by atoms with Gasteiger partial charge in [-0.2, -0.15) is 0 Å². The van der Waals surface area contributed by atoms with Gasteiger partial charge in [-0.1, -0.05) is 18.2 Å². The van der Waals surface area contributed by atoms with Gasteiger partial charge >= 0.3 is 0 Å². The molecule has 38 heavy (non-hydrogen) atoms. The van der Waals surface area contributed by atoms with Crippen molar-refractivity contribution in [1.29, 1.82) is 0 Å². The number of benzene rings is 2. The lowest BCUT2D eigenvalue weighted by molar-refractivity contribution is 0.334. The van der Waals surface area contributed by atoms with E-state index in [1.54, 1.807) is 18.2 Å². The first-order valence-electron chi connectivity index (χ1n) is 13.5. The van der Waals surface area contributed by atoms with Gasteiger partial charge in [0.1, 0.15) is 5.84 Å². The van der Waals surface area contributed by atoms with Crippen LogP contribution in [0.2, 0.25) is 0 Å². The smallest absolute Gasteiger partial charge is 0.241 e. The lowest BCUT2D eigenvalue weighted by Gasteiger charge is -2.31. The molecule has 0 saturated carbocycles. The van der Waals surface area contributed by atoms with E-state index in [-0.39, 0.29) is 11.2 Å².